The molecular weight excluding hydrogens is 246 g/mol. The van der Waals surface area contributed by atoms with E-state index in [0.717, 1.165) is 11.4 Å². The fraction of sp³-hybridized carbons (Fsp3) is 0.500. The van der Waals surface area contributed by atoms with Crippen LogP contribution < -0.4 is 0 Å². The van der Waals surface area contributed by atoms with E-state index in [1.807, 2.05) is 32.4 Å². The van der Waals surface area contributed by atoms with Crippen molar-refractivity contribution in [2.24, 2.45) is 7.05 Å². The normalized spacial score (nSPS) is 11.0. The van der Waals surface area contributed by atoms with Crippen molar-refractivity contribution in [2.45, 2.75) is 26.7 Å². The molecule has 3 nitrogen and oxygen atoms in total. The van der Waals surface area contributed by atoms with Gasteiger partial charge in [-0.3, -0.25) is 0 Å². The SMILES string of the molecule is Cc1c(C(=O)O)c(Br)c(C(C)C)n1C. The Bertz CT molecular complexity index is 380. The molecule has 0 spiro atoms. The Morgan fingerprint density at radius 3 is 2.21 bits per heavy atom. The number of hydrogen-bond donors (Lipinski definition) is 1. The molecule has 0 aliphatic carbocycles. The molecule has 1 aromatic rings. The highest BCUT2D eigenvalue weighted by atomic mass is 79.9. The smallest absolute Gasteiger partial charge is 0.338 e. The predicted molar refractivity (Wildman–Crippen MR) is 58.9 cm³/mol. The number of nitrogens with zero attached hydrogens (tertiary/aromatic N) is 1. The minimum Gasteiger partial charge on any atom is -0.478 e. The maximum Gasteiger partial charge on any atom is 0.338 e. The lowest BCUT2D eigenvalue weighted by Gasteiger charge is -2.08. The van der Waals surface area contributed by atoms with Gasteiger partial charge in [0.1, 0.15) is 0 Å². The molecule has 0 aliphatic rings. The van der Waals surface area contributed by atoms with Crippen LogP contribution in [-0.2, 0) is 7.05 Å². The van der Waals surface area contributed by atoms with Crippen LogP contribution in [0.25, 0.3) is 0 Å². The summed E-state index contributed by atoms with van der Waals surface area (Å²) in [6.45, 7) is 5.91. The molecule has 14 heavy (non-hydrogen) atoms. The molecule has 0 aliphatic heterocycles. The molecule has 0 amide bonds. The fourth-order valence-corrected chi connectivity index (χ4v) is 2.85. The van der Waals surface area contributed by atoms with Gasteiger partial charge in [0.2, 0.25) is 0 Å². The van der Waals surface area contributed by atoms with E-state index in [-0.39, 0.29) is 0 Å². The van der Waals surface area contributed by atoms with Gasteiger partial charge < -0.3 is 9.67 Å². The first kappa shape index (κ1) is 11.3. The standard InChI is InChI=1S/C10H14BrNO2/c1-5(2)9-8(11)7(10(13)14)6(3)12(9)4/h5H,1-4H3,(H,13,14). The number of halogens is 1. The third-order valence-electron chi connectivity index (χ3n) is 2.43. The average Bonchev–Trinajstić information content (AvgIpc) is 2.23. The van der Waals surface area contributed by atoms with E-state index in [1.165, 1.54) is 0 Å². The summed E-state index contributed by atoms with van der Waals surface area (Å²) in [5, 5.41) is 9.02. The van der Waals surface area contributed by atoms with Crippen molar-refractivity contribution in [1.29, 1.82) is 0 Å². The summed E-state index contributed by atoms with van der Waals surface area (Å²) < 4.78 is 2.64. The minimum atomic E-state index is -0.878. The Balaban J connectivity index is 3.49. The van der Waals surface area contributed by atoms with Crippen LogP contribution in [0.3, 0.4) is 0 Å². The first-order valence-electron chi connectivity index (χ1n) is 4.45. The molecule has 1 heterocycles. The Hall–Kier alpha value is -0.770. The van der Waals surface area contributed by atoms with Crippen molar-refractivity contribution in [2.75, 3.05) is 0 Å². The van der Waals surface area contributed by atoms with E-state index in [4.69, 9.17) is 5.11 Å². The highest BCUT2D eigenvalue weighted by molar-refractivity contribution is 9.10. The first-order valence-corrected chi connectivity index (χ1v) is 5.25. The summed E-state index contributed by atoms with van der Waals surface area (Å²) in [5.41, 5.74) is 2.18. The summed E-state index contributed by atoms with van der Waals surface area (Å²) in [6, 6.07) is 0. The Morgan fingerprint density at radius 2 is 2.00 bits per heavy atom. The third kappa shape index (κ3) is 1.59. The van der Waals surface area contributed by atoms with Crippen LogP contribution in [0.15, 0.2) is 4.47 Å². The van der Waals surface area contributed by atoms with Crippen molar-refractivity contribution in [1.82, 2.24) is 4.57 Å². The zero-order chi connectivity index (χ0) is 11.0. The molecular formula is C10H14BrNO2. The maximum atomic E-state index is 11.0. The molecule has 0 saturated heterocycles. The minimum absolute atomic E-state index is 0.307. The summed E-state index contributed by atoms with van der Waals surface area (Å²) in [4.78, 5) is 11.0. The van der Waals surface area contributed by atoms with Crippen molar-refractivity contribution in [3.8, 4) is 0 Å². The fourth-order valence-electron chi connectivity index (χ4n) is 1.67. The summed E-state index contributed by atoms with van der Waals surface area (Å²) in [7, 11) is 1.89. The van der Waals surface area contributed by atoms with E-state index in [2.05, 4.69) is 15.9 Å². The van der Waals surface area contributed by atoms with E-state index >= 15 is 0 Å². The van der Waals surface area contributed by atoms with Gasteiger partial charge in [-0.15, -0.1) is 0 Å². The van der Waals surface area contributed by atoms with Crippen LogP contribution in [0, 0.1) is 6.92 Å². The Morgan fingerprint density at radius 1 is 1.50 bits per heavy atom. The summed E-state index contributed by atoms with van der Waals surface area (Å²) in [6.07, 6.45) is 0. The Labute approximate surface area is 91.9 Å². The quantitative estimate of drug-likeness (QED) is 0.888. The lowest BCUT2D eigenvalue weighted by atomic mass is 10.1. The number of carboxylic acid groups (broad SMARTS) is 1. The molecule has 0 saturated carbocycles. The van der Waals surface area contributed by atoms with Crippen LogP contribution >= 0.6 is 15.9 Å². The highest BCUT2D eigenvalue weighted by Crippen LogP contribution is 2.32. The molecule has 78 valence electrons. The van der Waals surface area contributed by atoms with E-state index in [0.29, 0.717) is 16.0 Å². The van der Waals surface area contributed by atoms with Crippen LogP contribution in [-0.4, -0.2) is 15.6 Å². The molecule has 1 aromatic heterocycles. The second-order valence-corrected chi connectivity index (χ2v) is 4.47. The molecule has 0 unspecified atom stereocenters. The van der Waals surface area contributed by atoms with Gasteiger partial charge >= 0.3 is 5.97 Å². The van der Waals surface area contributed by atoms with Crippen molar-refractivity contribution in [3.63, 3.8) is 0 Å². The number of carboxylic acids is 1. The van der Waals surface area contributed by atoms with Gasteiger partial charge in [-0.1, -0.05) is 13.8 Å². The highest BCUT2D eigenvalue weighted by Gasteiger charge is 2.22. The number of aromatic nitrogens is 1. The van der Waals surface area contributed by atoms with Gasteiger partial charge in [0.05, 0.1) is 10.0 Å². The van der Waals surface area contributed by atoms with E-state index in [1.54, 1.807) is 0 Å². The first-order chi connectivity index (χ1) is 6.37. The number of aromatic carboxylic acids is 1. The van der Waals surface area contributed by atoms with Crippen molar-refractivity contribution < 1.29 is 9.90 Å². The monoisotopic (exact) mass is 259 g/mol. The van der Waals surface area contributed by atoms with Gasteiger partial charge in [0, 0.05) is 18.4 Å². The zero-order valence-corrected chi connectivity index (χ0v) is 10.3. The molecule has 0 atom stereocenters. The van der Waals surface area contributed by atoms with Crippen molar-refractivity contribution >= 4 is 21.9 Å². The average molecular weight is 260 g/mol. The number of hydrogen-bond acceptors (Lipinski definition) is 1. The van der Waals surface area contributed by atoms with Crippen LogP contribution in [0.5, 0.6) is 0 Å². The molecule has 0 aromatic carbocycles. The number of rotatable bonds is 2. The van der Waals surface area contributed by atoms with Gasteiger partial charge in [-0.25, -0.2) is 4.79 Å². The van der Waals surface area contributed by atoms with Crippen LogP contribution in [0.4, 0.5) is 0 Å². The van der Waals surface area contributed by atoms with Crippen LogP contribution in [0.2, 0.25) is 0 Å². The third-order valence-corrected chi connectivity index (χ3v) is 3.23. The van der Waals surface area contributed by atoms with E-state index < -0.39 is 5.97 Å². The molecule has 4 heteroatoms. The van der Waals surface area contributed by atoms with Crippen LogP contribution in [0.1, 0.15) is 41.5 Å². The topological polar surface area (TPSA) is 42.2 Å². The van der Waals surface area contributed by atoms with Crippen molar-refractivity contribution in [3.05, 3.63) is 21.4 Å². The predicted octanol–water partition coefficient (Wildman–Crippen LogP) is 2.92. The molecule has 0 fully saturated rings. The van der Waals surface area contributed by atoms with E-state index in [9.17, 15) is 4.79 Å². The molecule has 0 bridgehead atoms. The van der Waals surface area contributed by atoms with Gasteiger partial charge in [-0.05, 0) is 28.8 Å². The second-order valence-electron chi connectivity index (χ2n) is 3.68. The number of carbonyl (C=O) groups is 1. The lowest BCUT2D eigenvalue weighted by Crippen LogP contribution is -2.01. The van der Waals surface area contributed by atoms with Gasteiger partial charge in [-0.2, -0.15) is 0 Å². The molecule has 0 radical (unpaired) electrons. The molecule has 1 rings (SSSR count). The summed E-state index contributed by atoms with van der Waals surface area (Å²) >= 11 is 3.35. The maximum absolute atomic E-state index is 11.0. The summed E-state index contributed by atoms with van der Waals surface area (Å²) in [5.74, 6) is -0.571. The molecule has 1 N–H and O–H groups in total. The van der Waals surface area contributed by atoms with Gasteiger partial charge in [0.15, 0.2) is 0 Å². The zero-order valence-electron chi connectivity index (χ0n) is 8.76. The lowest BCUT2D eigenvalue weighted by molar-refractivity contribution is 0.0695. The largest absolute Gasteiger partial charge is 0.478 e. The Kier molecular flexibility index (Phi) is 3.04. The van der Waals surface area contributed by atoms with Gasteiger partial charge in [0.25, 0.3) is 0 Å². The second kappa shape index (κ2) is 3.77.